The predicted octanol–water partition coefficient (Wildman–Crippen LogP) is 0.910. The molecular formula is C10H14O3. The van der Waals surface area contributed by atoms with Crippen molar-refractivity contribution < 1.29 is 14.3 Å². The molecule has 1 saturated carbocycles. The van der Waals surface area contributed by atoms with Gasteiger partial charge in [0.2, 0.25) is 0 Å². The van der Waals surface area contributed by atoms with Crippen molar-refractivity contribution in [1.29, 1.82) is 0 Å². The van der Waals surface area contributed by atoms with E-state index in [1.54, 1.807) is 0 Å². The Bertz CT molecular complexity index is 292. The number of carbonyl (C=O) groups is 1. The number of rotatable bonds is 1. The van der Waals surface area contributed by atoms with E-state index < -0.39 is 5.60 Å². The molecular weight excluding hydrogens is 168 g/mol. The van der Waals surface area contributed by atoms with Crippen molar-refractivity contribution in [2.75, 3.05) is 0 Å². The predicted molar refractivity (Wildman–Crippen MR) is 45.3 cm³/mol. The summed E-state index contributed by atoms with van der Waals surface area (Å²) in [5.74, 6) is 0. The molecule has 3 aliphatic rings. The van der Waals surface area contributed by atoms with Gasteiger partial charge in [0.05, 0.1) is 6.10 Å². The van der Waals surface area contributed by atoms with Gasteiger partial charge in [-0.2, -0.15) is 0 Å². The van der Waals surface area contributed by atoms with Crippen LogP contribution in [0.1, 0.15) is 27.2 Å². The van der Waals surface area contributed by atoms with E-state index in [0.717, 1.165) is 12.7 Å². The van der Waals surface area contributed by atoms with Crippen LogP contribution in [0, 0.1) is 5.41 Å². The highest BCUT2D eigenvalue weighted by atomic mass is 16.7. The second kappa shape index (κ2) is 1.71. The number of fused-ring (bicyclic) bond motifs is 3. The molecule has 0 amide bonds. The summed E-state index contributed by atoms with van der Waals surface area (Å²) in [6.45, 7) is 6.17. The van der Waals surface area contributed by atoms with Crippen molar-refractivity contribution >= 4 is 6.29 Å². The first-order valence-corrected chi connectivity index (χ1v) is 4.79. The number of hydrogen-bond acceptors (Lipinski definition) is 3. The van der Waals surface area contributed by atoms with Gasteiger partial charge in [-0.15, -0.1) is 0 Å². The van der Waals surface area contributed by atoms with E-state index in [1.165, 1.54) is 0 Å². The fourth-order valence-electron chi connectivity index (χ4n) is 3.13. The number of carbonyl (C=O) groups excluding carboxylic acids is 1. The molecule has 3 nitrogen and oxygen atoms in total. The quantitative estimate of drug-likeness (QED) is 0.447. The van der Waals surface area contributed by atoms with E-state index in [4.69, 9.17) is 9.47 Å². The first kappa shape index (κ1) is 7.94. The Labute approximate surface area is 77.4 Å². The summed E-state index contributed by atoms with van der Waals surface area (Å²) in [6.07, 6.45) is 2.41. The molecule has 72 valence electrons. The van der Waals surface area contributed by atoms with Crippen LogP contribution in [-0.2, 0) is 14.3 Å². The van der Waals surface area contributed by atoms with Crippen LogP contribution in [-0.4, -0.2) is 29.7 Å². The summed E-state index contributed by atoms with van der Waals surface area (Å²) in [4.78, 5) is 11.1. The van der Waals surface area contributed by atoms with Gasteiger partial charge in [-0.25, -0.2) is 0 Å². The van der Waals surface area contributed by atoms with Crippen LogP contribution < -0.4 is 0 Å². The van der Waals surface area contributed by atoms with Crippen molar-refractivity contribution in [2.24, 2.45) is 5.41 Å². The minimum atomic E-state index is -0.572. The smallest absolute Gasteiger partial charge is 0.160 e. The second-order valence-electron chi connectivity index (χ2n) is 5.25. The Hall–Kier alpha value is -0.410. The molecule has 3 heteroatoms. The monoisotopic (exact) mass is 182 g/mol. The van der Waals surface area contributed by atoms with Gasteiger partial charge in [0.1, 0.15) is 11.7 Å². The fourth-order valence-corrected chi connectivity index (χ4v) is 3.13. The minimum Gasteiger partial charge on any atom is -0.366 e. The maximum atomic E-state index is 11.1. The van der Waals surface area contributed by atoms with E-state index in [1.807, 2.05) is 6.92 Å². The van der Waals surface area contributed by atoms with Crippen LogP contribution in [0.3, 0.4) is 0 Å². The average molecular weight is 182 g/mol. The molecule has 4 atom stereocenters. The molecule has 0 aromatic heterocycles. The van der Waals surface area contributed by atoms with Crippen LogP contribution in [0.25, 0.3) is 0 Å². The number of hydrogen-bond donors (Lipinski definition) is 0. The molecule has 0 radical (unpaired) electrons. The highest BCUT2D eigenvalue weighted by Gasteiger charge is 2.85. The summed E-state index contributed by atoms with van der Waals surface area (Å²) in [5, 5.41) is 0. The Balaban J connectivity index is 2.07. The largest absolute Gasteiger partial charge is 0.366 e. The zero-order valence-electron chi connectivity index (χ0n) is 8.16. The van der Waals surface area contributed by atoms with Crippen molar-refractivity contribution in [3.63, 3.8) is 0 Å². The molecule has 0 N–H and O–H groups in total. The van der Waals surface area contributed by atoms with E-state index in [-0.39, 0.29) is 17.1 Å². The molecule has 3 rings (SSSR count). The molecule has 3 fully saturated rings. The van der Waals surface area contributed by atoms with Gasteiger partial charge < -0.3 is 9.47 Å². The Kier molecular flexibility index (Phi) is 1.04. The Morgan fingerprint density at radius 3 is 2.69 bits per heavy atom. The molecule has 0 spiro atoms. The zero-order chi connectivity index (χ0) is 9.48. The topological polar surface area (TPSA) is 42.1 Å². The lowest BCUT2D eigenvalue weighted by Crippen LogP contribution is -2.47. The molecule has 1 aliphatic carbocycles. The van der Waals surface area contributed by atoms with Crippen molar-refractivity contribution in [2.45, 2.75) is 50.6 Å². The number of aldehydes is 1. The lowest BCUT2D eigenvalue weighted by atomic mass is 9.65. The zero-order valence-corrected chi connectivity index (χ0v) is 8.16. The van der Waals surface area contributed by atoms with E-state index >= 15 is 0 Å². The third-order valence-electron chi connectivity index (χ3n) is 4.08. The Morgan fingerprint density at radius 1 is 1.38 bits per heavy atom. The van der Waals surface area contributed by atoms with Gasteiger partial charge >= 0.3 is 0 Å². The van der Waals surface area contributed by atoms with Crippen LogP contribution in [0.5, 0.6) is 0 Å². The molecule has 0 aromatic rings. The number of epoxide rings is 2. The molecule has 0 aromatic carbocycles. The van der Waals surface area contributed by atoms with Crippen molar-refractivity contribution in [3.8, 4) is 0 Å². The van der Waals surface area contributed by atoms with Gasteiger partial charge in [-0.1, -0.05) is 13.8 Å². The highest BCUT2D eigenvalue weighted by Crippen LogP contribution is 2.69. The first-order chi connectivity index (χ1) is 5.97. The second-order valence-corrected chi connectivity index (χ2v) is 5.25. The molecule has 0 bridgehead atoms. The maximum absolute atomic E-state index is 11.1. The summed E-state index contributed by atoms with van der Waals surface area (Å²) in [7, 11) is 0. The summed E-state index contributed by atoms with van der Waals surface area (Å²) in [6, 6.07) is 0. The van der Waals surface area contributed by atoms with Crippen molar-refractivity contribution in [1.82, 2.24) is 0 Å². The first-order valence-electron chi connectivity index (χ1n) is 4.79. The third kappa shape index (κ3) is 0.616. The van der Waals surface area contributed by atoms with Crippen LogP contribution in [0.2, 0.25) is 0 Å². The van der Waals surface area contributed by atoms with Crippen LogP contribution in [0.4, 0.5) is 0 Å². The van der Waals surface area contributed by atoms with Gasteiger partial charge in [0.15, 0.2) is 11.9 Å². The number of ether oxygens (including phenoxy) is 2. The van der Waals surface area contributed by atoms with Gasteiger partial charge in [-0.3, -0.25) is 4.79 Å². The summed E-state index contributed by atoms with van der Waals surface area (Å²) in [5.41, 5.74) is -0.986. The van der Waals surface area contributed by atoms with Gasteiger partial charge in [-0.05, 0) is 13.3 Å². The fraction of sp³-hybridized carbons (Fsp3) is 0.900. The summed E-state index contributed by atoms with van der Waals surface area (Å²) < 4.78 is 11.2. The lowest BCUT2D eigenvalue weighted by molar-refractivity contribution is -0.116. The van der Waals surface area contributed by atoms with Gasteiger partial charge in [0.25, 0.3) is 0 Å². The van der Waals surface area contributed by atoms with E-state index in [0.29, 0.717) is 6.10 Å². The minimum absolute atomic E-state index is 0.0822. The lowest BCUT2D eigenvalue weighted by Gasteiger charge is -2.32. The van der Waals surface area contributed by atoms with E-state index in [2.05, 4.69) is 13.8 Å². The molecule has 2 saturated heterocycles. The summed E-state index contributed by atoms with van der Waals surface area (Å²) >= 11 is 0. The average Bonchev–Trinajstić information content (AvgIpc) is 2.84. The molecule has 13 heavy (non-hydrogen) atoms. The highest BCUT2D eigenvalue weighted by molar-refractivity contribution is 5.73. The Morgan fingerprint density at radius 2 is 2.08 bits per heavy atom. The maximum Gasteiger partial charge on any atom is 0.160 e. The van der Waals surface area contributed by atoms with Crippen LogP contribution >= 0.6 is 0 Å². The molecule has 2 aliphatic heterocycles. The normalized spacial score (nSPS) is 60.5. The molecule has 2 heterocycles. The third-order valence-corrected chi connectivity index (χ3v) is 4.08. The SMILES string of the molecule is CC1(C)CC2OC2C2(C)OC12C=O. The standard InChI is InChI=1S/C10H14O3/c1-8(2)4-6-7(12-6)9(3)10(8,5-11)13-9/h5-7H,4H2,1-3H3. The molecule has 4 unspecified atom stereocenters. The van der Waals surface area contributed by atoms with Crippen molar-refractivity contribution in [3.05, 3.63) is 0 Å². The van der Waals surface area contributed by atoms with E-state index in [9.17, 15) is 4.79 Å². The van der Waals surface area contributed by atoms with Crippen LogP contribution in [0.15, 0.2) is 0 Å². The van der Waals surface area contributed by atoms with Gasteiger partial charge in [0, 0.05) is 5.41 Å².